The number of hydrogen-bond donors (Lipinski definition) is 2. The van der Waals surface area contributed by atoms with Crippen molar-refractivity contribution in [1.82, 2.24) is 0 Å². The lowest BCUT2D eigenvalue weighted by molar-refractivity contribution is -0.116. The number of esters is 2. The van der Waals surface area contributed by atoms with E-state index in [9.17, 15) is 19.2 Å². The molecule has 2 aromatic rings. The van der Waals surface area contributed by atoms with Crippen LogP contribution in [0.4, 0.5) is 11.4 Å². The number of benzene rings is 2. The molecule has 38 heavy (non-hydrogen) atoms. The minimum atomic E-state index is -0.365. The molecule has 0 atom stereocenters. The summed E-state index contributed by atoms with van der Waals surface area (Å²) in [5, 5.41) is 5.63. The normalized spacial score (nSPS) is 10.5. The second-order valence-electron chi connectivity index (χ2n) is 8.37. The molecular weight excluding hydrogens is 524 g/mol. The largest absolute Gasteiger partial charge is 0.462 e. The van der Waals surface area contributed by atoms with Gasteiger partial charge in [-0.25, -0.2) is 9.59 Å². The zero-order chi connectivity index (χ0) is 27.6. The van der Waals surface area contributed by atoms with Crippen LogP contribution in [-0.4, -0.2) is 48.5 Å². The van der Waals surface area contributed by atoms with Gasteiger partial charge < -0.3 is 20.1 Å². The first-order valence-corrected chi connectivity index (χ1v) is 15.3. The molecule has 8 nitrogen and oxygen atoms in total. The number of hydrogen-bond acceptors (Lipinski definition) is 8. The number of amides is 2. The summed E-state index contributed by atoms with van der Waals surface area (Å²) in [5.41, 5.74) is 2.15. The third-order valence-electron chi connectivity index (χ3n) is 5.18. The van der Waals surface area contributed by atoms with Gasteiger partial charge in [-0.2, -0.15) is 0 Å². The van der Waals surface area contributed by atoms with Crippen LogP contribution in [0, 0.1) is 0 Å². The van der Waals surface area contributed by atoms with Crippen LogP contribution in [0.1, 0.15) is 73.1 Å². The van der Waals surface area contributed by atoms with E-state index in [4.69, 9.17) is 9.47 Å². The first-order chi connectivity index (χ1) is 18.4. The average Bonchev–Trinajstić information content (AvgIpc) is 2.91. The first kappa shape index (κ1) is 31.2. The Labute approximate surface area is 232 Å². The molecule has 0 aliphatic heterocycles. The number of ether oxygens (including phenoxy) is 2. The van der Waals surface area contributed by atoms with E-state index >= 15 is 0 Å². The van der Waals surface area contributed by atoms with Crippen LogP contribution in [0.3, 0.4) is 0 Å². The maximum absolute atomic E-state index is 12.2. The number of rotatable bonds is 17. The fourth-order valence-electron chi connectivity index (χ4n) is 3.00. The Bertz CT molecular complexity index is 945. The second-order valence-corrected chi connectivity index (χ2v) is 11.1. The molecule has 2 N–H and O–H groups in total. The number of anilines is 2. The minimum absolute atomic E-state index is 0.119. The molecule has 0 heterocycles. The highest BCUT2D eigenvalue weighted by Crippen LogP contribution is 2.23. The van der Waals surface area contributed by atoms with Crippen molar-refractivity contribution in [3.8, 4) is 0 Å². The SMILES string of the molecule is CCCCOC(=O)c1ccc(NC(=O)CCSSCCC(=O)Nc2ccc(C(=O)OCCCC)cc2)cc1. The van der Waals surface area contributed by atoms with Crippen molar-refractivity contribution in [2.24, 2.45) is 0 Å². The molecule has 10 heteroatoms. The lowest BCUT2D eigenvalue weighted by Gasteiger charge is -2.08. The predicted octanol–water partition coefficient (Wildman–Crippen LogP) is 6.34. The number of carbonyl (C=O) groups is 4. The zero-order valence-corrected chi connectivity index (χ0v) is 23.6. The Morgan fingerprint density at radius 2 is 1.00 bits per heavy atom. The first-order valence-electron chi connectivity index (χ1n) is 12.8. The fraction of sp³-hybridized carbons (Fsp3) is 0.429. The quantitative estimate of drug-likeness (QED) is 0.131. The highest BCUT2D eigenvalue weighted by molar-refractivity contribution is 8.76. The fourth-order valence-corrected chi connectivity index (χ4v) is 4.98. The van der Waals surface area contributed by atoms with Crippen LogP contribution in [0.15, 0.2) is 48.5 Å². The van der Waals surface area contributed by atoms with Crippen LogP contribution in [0.25, 0.3) is 0 Å². The Balaban J connectivity index is 1.57. The van der Waals surface area contributed by atoms with Crippen LogP contribution < -0.4 is 10.6 Å². The topological polar surface area (TPSA) is 111 Å². The summed E-state index contributed by atoms with van der Waals surface area (Å²) >= 11 is 0. The standard InChI is InChI=1S/C28H36N2O6S2/c1-3-5-17-35-27(33)21-7-11-23(12-8-21)29-25(31)15-19-37-38-20-16-26(32)30-24-13-9-22(10-14-24)28(34)36-18-6-4-2/h7-14H,3-6,15-20H2,1-2H3,(H,29,31)(H,30,32). The third kappa shape index (κ3) is 12.5. The molecule has 0 aromatic heterocycles. The number of carbonyl (C=O) groups excluding carboxylic acids is 4. The minimum Gasteiger partial charge on any atom is -0.462 e. The van der Waals surface area contributed by atoms with Gasteiger partial charge in [-0.05, 0) is 61.4 Å². The van der Waals surface area contributed by atoms with E-state index in [2.05, 4.69) is 10.6 Å². The van der Waals surface area contributed by atoms with Gasteiger partial charge in [0.2, 0.25) is 11.8 Å². The van der Waals surface area contributed by atoms with Crippen molar-refractivity contribution < 1.29 is 28.7 Å². The van der Waals surface area contributed by atoms with Crippen LogP contribution in [-0.2, 0) is 19.1 Å². The summed E-state index contributed by atoms with van der Waals surface area (Å²) in [7, 11) is 3.07. The van der Waals surface area contributed by atoms with Crippen molar-refractivity contribution in [2.75, 3.05) is 35.4 Å². The van der Waals surface area contributed by atoms with Crippen LogP contribution >= 0.6 is 21.6 Å². The van der Waals surface area contributed by atoms with Crippen molar-refractivity contribution in [1.29, 1.82) is 0 Å². The summed E-state index contributed by atoms with van der Waals surface area (Å²) in [5.74, 6) is 0.247. The Hall–Kier alpha value is -2.98. The van der Waals surface area contributed by atoms with Gasteiger partial charge in [0.1, 0.15) is 0 Å². The number of nitrogens with one attached hydrogen (secondary N) is 2. The molecule has 0 aliphatic carbocycles. The molecule has 2 rings (SSSR count). The van der Waals surface area contributed by atoms with Gasteiger partial charge in [0.15, 0.2) is 0 Å². The molecule has 2 aromatic carbocycles. The average molecular weight is 561 g/mol. The molecule has 0 unspecified atom stereocenters. The van der Waals surface area contributed by atoms with E-state index in [0.29, 0.717) is 60.1 Å². The molecule has 0 radical (unpaired) electrons. The summed E-state index contributed by atoms with van der Waals surface area (Å²) in [6.07, 6.45) is 4.24. The predicted molar refractivity (Wildman–Crippen MR) is 155 cm³/mol. The van der Waals surface area contributed by atoms with Crippen molar-refractivity contribution in [3.05, 3.63) is 59.7 Å². The summed E-state index contributed by atoms with van der Waals surface area (Å²) < 4.78 is 10.3. The summed E-state index contributed by atoms with van der Waals surface area (Å²) in [4.78, 5) is 48.2. The van der Waals surface area contributed by atoms with E-state index in [-0.39, 0.29) is 23.8 Å². The van der Waals surface area contributed by atoms with Gasteiger partial charge in [0.25, 0.3) is 0 Å². The van der Waals surface area contributed by atoms with E-state index < -0.39 is 0 Å². The van der Waals surface area contributed by atoms with Gasteiger partial charge >= 0.3 is 11.9 Å². The Morgan fingerprint density at radius 3 is 1.34 bits per heavy atom. The second kappa shape index (κ2) is 18.3. The third-order valence-corrected chi connectivity index (χ3v) is 7.59. The molecule has 0 spiro atoms. The smallest absolute Gasteiger partial charge is 0.338 e. The van der Waals surface area contributed by atoms with Gasteiger partial charge in [0.05, 0.1) is 24.3 Å². The van der Waals surface area contributed by atoms with Crippen LogP contribution in [0.5, 0.6) is 0 Å². The zero-order valence-electron chi connectivity index (χ0n) is 22.0. The van der Waals surface area contributed by atoms with Crippen molar-refractivity contribution >= 4 is 56.7 Å². The maximum Gasteiger partial charge on any atom is 0.338 e. The van der Waals surface area contributed by atoms with E-state index in [0.717, 1.165) is 25.7 Å². The van der Waals surface area contributed by atoms with E-state index in [1.54, 1.807) is 48.5 Å². The summed E-state index contributed by atoms with van der Waals surface area (Å²) in [6, 6.07) is 13.3. The molecule has 0 saturated carbocycles. The molecule has 2 amide bonds. The molecule has 0 fully saturated rings. The highest BCUT2D eigenvalue weighted by Gasteiger charge is 2.10. The highest BCUT2D eigenvalue weighted by atomic mass is 33.1. The van der Waals surface area contributed by atoms with Gasteiger partial charge in [-0.3, -0.25) is 9.59 Å². The molecule has 0 aliphatic rings. The Morgan fingerprint density at radius 1 is 0.632 bits per heavy atom. The van der Waals surface area contributed by atoms with E-state index in [1.807, 2.05) is 13.8 Å². The van der Waals surface area contributed by atoms with Gasteiger partial charge in [-0.15, -0.1) is 0 Å². The molecule has 206 valence electrons. The molecular formula is C28H36N2O6S2. The lowest BCUT2D eigenvalue weighted by Crippen LogP contribution is -2.13. The van der Waals surface area contributed by atoms with E-state index in [1.165, 1.54) is 21.6 Å². The number of unbranched alkanes of at least 4 members (excludes halogenated alkanes) is 2. The Kier molecular flexibility index (Phi) is 15.0. The lowest BCUT2D eigenvalue weighted by atomic mass is 10.2. The van der Waals surface area contributed by atoms with Gasteiger partial charge in [0, 0.05) is 35.7 Å². The maximum atomic E-state index is 12.2. The van der Waals surface area contributed by atoms with Crippen molar-refractivity contribution in [2.45, 2.75) is 52.4 Å². The van der Waals surface area contributed by atoms with Crippen LogP contribution in [0.2, 0.25) is 0 Å². The monoisotopic (exact) mass is 560 g/mol. The van der Waals surface area contributed by atoms with Crippen molar-refractivity contribution in [3.63, 3.8) is 0 Å². The molecule has 0 saturated heterocycles. The molecule has 0 bridgehead atoms. The van der Waals surface area contributed by atoms with Gasteiger partial charge in [-0.1, -0.05) is 48.3 Å². The summed E-state index contributed by atoms with van der Waals surface area (Å²) in [6.45, 7) is 4.87.